The van der Waals surface area contributed by atoms with Crippen molar-refractivity contribution >= 4 is 5.91 Å². The summed E-state index contributed by atoms with van der Waals surface area (Å²) in [5.74, 6) is -0.541. The number of aryl methyl sites for hydroxylation is 1. The highest BCUT2D eigenvalue weighted by Crippen LogP contribution is 2.07. The van der Waals surface area contributed by atoms with Crippen LogP contribution in [-0.2, 0) is 4.79 Å². The van der Waals surface area contributed by atoms with E-state index >= 15 is 0 Å². The van der Waals surface area contributed by atoms with Crippen LogP contribution in [0.25, 0.3) is 0 Å². The van der Waals surface area contributed by atoms with Crippen LogP contribution in [0.15, 0.2) is 18.3 Å². The molecule has 64 valence electrons. The molecule has 1 heterocycles. The number of carbonyl (C=O) groups excluding carboxylic acids is 1. The Hall–Kier alpha value is -1.42. The first kappa shape index (κ1) is 8.67. The zero-order chi connectivity index (χ0) is 9.14. The molecule has 1 unspecified atom stereocenters. The molecule has 0 radical (unpaired) electrons. The average molecular weight is 165 g/mol. The number of hydrogen-bond acceptors (Lipinski definition) is 3. The summed E-state index contributed by atoms with van der Waals surface area (Å²) >= 11 is 0. The highest BCUT2D eigenvalue weighted by molar-refractivity contribution is 5.80. The van der Waals surface area contributed by atoms with Crippen LogP contribution in [0.1, 0.15) is 17.3 Å². The van der Waals surface area contributed by atoms with Gasteiger partial charge in [-0.05, 0) is 18.6 Å². The number of pyridine rings is 1. The van der Waals surface area contributed by atoms with E-state index in [1.54, 1.807) is 18.3 Å². The molecule has 4 nitrogen and oxygen atoms in total. The lowest BCUT2D eigenvalue weighted by Gasteiger charge is -2.06. The third-order valence-electron chi connectivity index (χ3n) is 1.60. The van der Waals surface area contributed by atoms with Crippen molar-refractivity contribution in [2.45, 2.75) is 13.0 Å². The molecule has 4 N–H and O–H groups in total. The molecule has 0 saturated heterocycles. The van der Waals surface area contributed by atoms with E-state index in [4.69, 9.17) is 11.5 Å². The lowest BCUT2D eigenvalue weighted by Crippen LogP contribution is -2.28. The van der Waals surface area contributed by atoms with Crippen LogP contribution in [0.3, 0.4) is 0 Å². The van der Waals surface area contributed by atoms with E-state index in [2.05, 4.69) is 4.98 Å². The van der Waals surface area contributed by atoms with Crippen LogP contribution in [0.5, 0.6) is 0 Å². The molecule has 0 aliphatic heterocycles. The number of primary amides is 1. The van der Waals surface area contributed by atoms with Crippen molar-refractivity contribution in [1.82, 2.24) is 4.98 Å². The Bertz CT molecular complexity index is 281. The first-order valence-electron chi connectivity index (χ1n) is 3.58. The number of amides is 1. The van der Waals surface area contributed by atoms with Crippen LogP contribution in [0, 0.1) is 6.92 Å². The number of carbonyl (C=O) groups is 1. The molecule has 0 fully saturated rings. The second kappa shape index (κ2) is 3.32. The lowest BCUT2D eigenvalue weighted by molar-refractivity contribution is -0.119. The van der Waals surface area contributed by atoms with Gasteiger partial charge in [0.1, 0.15) is 6.04 Å². The van der Waals surface area contributed by atoms with Gasteiger partial charge in [-0.1, -0.05) is 6.07 Å². The quantitative estimate of drug-likeness (QED) is 0.640. The van der Waals surface area contributed by atoms with Gasteiger partial charge in [0, 0.05) is 11.9 Å². The van der Waals surface area contributed by atoms with Crippen LogP contribution in [0.2, 0.25) is 0 Å². The molecule has 0 aliphatic rings. The molecule has 4 heteroatoms. The average Bonchev–Trinajstić information content (AvgIpc) is 2.04. The summed E-state index contributed by atoms with van der Waals surface area (Å²) in [6.45, 7) is 1.86. The molecule has 1 rings (SSSR count). The highest BCUT2D eigenvalue weighted by atomic mass is 16.1. The monoisotopic (exact) mass is 165 g/mol. The number of nitrogens with zero attached hydrogens (tertiary/aromatic N) is 1. The molecular weight excluding hydrogens is 154 g/mol. The van der Waals surface area contributed by atoms with Crippen LogP contribution < -0.4 is 11.5 Å². The predicted molar refractivity (Wildman–Crippen MR) is 45.1 cm³/mol. The van der Waals surface area contributed by atoms with Crippen LogP contribution in [-0.4, -0.2) is 10.9 Å². The van der Waals surface area contributed by atoms with E-state index in [0.29, 0.717) is 5.56 Å². The van der Waals surface area contributed by atoms with Crippen molar-refractivity contribution in [3.05, 3.63) is 29.6 Å². The Labute approximate surface area is 70.6 Å². The van der Waals surface area contributed by atoms with E-state index in [-0.39, 0.29) is 0 Å². The van der Waals surface area contributed by atoms with Crippen molar-refractivity contribution in [2.24, 2.45) is 11.5 Å². The van der Waals surface area contributed by atoms with Crippen LogP contribution in [0.4, 0.5) is 0 Å². The van der Waals surface area contributed by atoms with Crippen LogP contribution >= 0.6 is 0 Å². The highest BCUT2D eigenvalue weighted by Gasteiger charge is 2.11. The largest absolute Gasteiger partial charge is 0.368 e. The van der Waals surface area contributed by atoms with Gasteiger partial charge in [-0.2, -0.15) is 0 Å². The Morgan fingerprint density at radius 2 is 2.25 bits per heavy atom. The minimum Gasteiger partial charge on any atom is -0.368 e. The Balaban J connectivity index is 2.89. The third kappa shape index (κ3) is 1.79. The van der Waals surface area contributed by atoms with Gasteiger partial charge in [0.2, 0.25) is 5.91 Å². The Morgan fingerprint density at radius 1 is 1.58 bits per heavy atom. The van der Waals surface area contributed by atoms with E-state index in [9.17, 15) is 4.79 Å². The number of aromatic nitrogens is 1. The molecule has 0 aliphatic carbocycles. The van der Waals surface area contributed by atoms with E-state index in [1.807, 2.05) is 6.92 Å². The summed E-state index contributed by atoms with van der Waals surface area (Å²) < 4.78 is 0. The van der Waals surface area contributed by atoms with Crippen molar-refractivity contribution in [3.63, 3.8) is 0 Å². The predicted octanol–water partition coefficient (Wildman–Crippen LogP) is -0.125. The van der Waals surface area contributed by atoms with E-state index in [1.165, 1.54) is 0 Å². The fraction of sp³-hybridized carbons (Fsp3) is 0.250. The standard InChI is InChI=1S/C8H11N3O/c1-5-2-3-6(4-11-5)7(9)8(10)12/h2-4,7H,9H2,1H3,(H2,10,12). The molecule has 1 aromatic rings. The molecule has 0 aromatic carbocycles. The topological polar surface area (TPSA) is 82.0 Å². The van der Waals surface area contributed by atoms with Gasteiger partial charge >= 0.3 is 0 Å². The fourth-order valence-electron chi connectivity index (χ4n) is 0.827. The third-order valence-corrected chi connectivity index (χ3v) is 1.60. The second-order valence-corrected chi connectivity index (χ2v) is 2.61. The van der Waals surface area contributed by atoms with Gasteiger partial charge in [0.25, 0.3) is 0 Å². The van der Waals surface area contributed by atoms with Crippen molar-refractivity contribution in [2.75, 3.05) is 0 Å². The maximum Gasteiger partial charge on any atom is 0.238 e. The number of hydrogen-bond donors (Lipinski definition) is 2. The molecule has 1 aromatic heterocycles. The maximum absolute atomic E-state index is 10.7. The molecule has 1 amide bonds. The SMILES string of the molecule is Cc1ccc(C(N)C(N)=O)cn1. The van der Waals surface area contributed by atoms with E-state index in [0.717, 1.165) is 5.69 Å². The summed E-state index contributed by atoms with van der Waals surface area (Å²) in [5.41, 5.74) is 12.0. The lowest BCUT2D eigenvalue weighted by atomic mass is 10.1. The summed E-state index contributed by atoms with van der Waals surface area (Å²) in [7, 11) is 0. The van der Waals surface area contributed by atoms with Gasteiger partial charge in [0.15, 0.2) is 0 Å². The minimum absolute atomic E-state index is 0.541. The van der Waals surface area contributed by atoms with Crippen molar-refractivity contribution < 1.29 is 4.79 Å². The Morgan fingerprint density at radius 3 is 2.67 bits per heavy atom. The van der Waals surface area contributed by atoms with Gasteiger partial charge in [-0.3, -0.25) is 9.78 Å². The Kier molecular flexibility index (Phi) is 2.40. The number of nitrogens with two attached hydrogens (primary N) is 2. The molecule has 0 spiro atoms. The van der Waals surface area contributed by atoms with Gasteiger partial charge in [-0.25, -0.2) is 0 Å². The van der Waals surface area contributed by atoms with Crippen molar-refractivity contribution in [3.8, 4) is 0 Å². The molecule has 0 bridgehead atoms. The maximum atomic E-state index is 10.7. The summed E-state index contributed by atoms with van der Waals surface area (Å²) in [6, 6.07) is 2.79. The zero-order valence-corrected chi connectivity index (χ0v) is 6.82. The van der Waals surface area contributed by atoms with E-state index < -0.39 is 11.9 Å². The van der Waals surface area contributed by atoms with Crippen molar-refractivity contribution in [1.29, 1.82) is 0 Å². The summed E-state index contributed by atoms with van der Waals surface area (Å²) in [5, 5.41) is 0. The second-order valence-electron chi connectivity index (χ2n) is 2.61. The zero-order valence-electron chi connectivity index (χ0n) is 6.82. The molecular formula is C8H11N3O. The van der Waals surface area contributed by atoms with Gasteiger partial charge in [-0.15, -0.1) is 0 Å². The summed E-state index contributed by atoms with van der Waals surface area (Å²) in [4.78, 5) is 14.6. The molecule has 0 saturated carbocycles. The van der Waals surface area contributed by atoms with Gasteiger partial charge < -0.3 is 11.5 Å². The molecule has 1 atom stereocenters. The fourth-order valence-corrected chi connectivity index (χ4v) is 0.827. The normalized spacial score (nSPS) is 12.5. The molecule has 12 heavy (non-hydrogen) atoms. The minimum atomic E-state index is -0.752. The summed E-state index contributed by atoms with van der Waals surface area (Å²) in [6.07, 6.45) is 1.56. The smallest absolute Gasteiger partial charge is 0.238 e. The first-order chi connectivity index (χ1) is 5.61. The van der Waals surface area contributed by atoms with Gasteiger partial charge in [0.05, 0.1) is 0 Å². The first-order valence-corrected chi connectivity index (χ1v) is 3.58. The number of rotatable bonds is 2.